The fourth-order valence-electron chi connectivity index (χ4n) is 2.26. The van der Waals surface area contributed by atoms with Gasteiger partial charge in [-0.2, -0.15) is 0 Å². The Bertz CT molecular complexity index is 495. The third kappa shape index (κ3) is 4.07. The minimum absolute atomic E-state index is 0.303. The summed E-state index contributed by atoms with van der Waals surface area (Å²) in [6.45, 7) is 4.42. The van der Waals surface area contributed by atoms with E-state index in [2.05, 4.69) is 42.7 Å². The predicted octanol–water partition coefficient (Wildman–Crippen LogP) is 5.59. The van der Waals surface area contributed by atoms with Crippen molar-refractivity contribution in [1.82, 2.24) is 5.32 Å². The Morgan fingerprint density at radius 3 is 2.74 bits per heavy atom. The Morgan fingerprint density at radius 2 is 2.11 bits per heavy atom. The first kappa shape index (κ1) is 14.6. The van der Waals surface area contributed by atoms with Gasteiger partial charge in [-0.25, -0.2) is 0 Å². The van der Waals surface area contributed by atoms with Gasteiger partial charge < -0.3 is 5.32 Å². The molecule has 3 heteroatoms. The molecule has 1 N–H and O–H groups in total. The zero-order chi connectivity index (χ0) is 13.7. The number of hydrogen-bond donors (Lipinski definition) is 1. The topological polar surface area (TPSA) is 12.0 Å². The normalized spacial score (nSPS) is 14.3. The Morgan fingerprint density at radius 1 is 1.26 bits per heavy atom. The zero-order valence-electron chi connectivity index (χ0n) is 11.4. The van der Waals surface area contributed by atoms with Crippen LogP contribution in [0.4, 0.5) is 0 Å². The van der Waals surface area contributed by atoms with E-state index in [9.17, 15) is 0 Å². The summed E-state index contributed by atoms with van der Waals surface area (Å²) < 4.78 is 0. The molecule has 1 nitrogen and oxygen atoms in total. The molecule has 1 aromatic heterocycles. The van der Waals surface area contributed by atoms with Crippen LogP contribution in [0.3, 0.4) is 0 Å². The van der Waals surface area contributed by atoms with E-state index in [0.717, 1.165) is 11.4 Å². The highest BCUT2D eigenvalue weighted by atomic mass is 35.5. The summed E-state index contributed by atoms with van der Waals surface area (Å²) in [5.74, 6) is 0. The molecule has 2 rings (SSSR count). The van der Waals surface area contributed by atoms with Crippen molar-refractivity contribution >= 4 is 22.9 Å². The molecule has 1 aromatic carbocycles. The highest BCUT2D eigenvalue weighted by Gasteiger charge is 2.15. The van der Waals surface area contributed by atoms with Crippen LogP contribution in [0, 0.1) is 0 Å². The molecule has 0 saturated carbocycles. The van der Waals surface area contributed by atoms with Gasteiger partial charge in [-0.1, -0.05) is 43.1 Å². The van der Waals surface area contributed by atoms with Gasteiger partial charge in [-0.3, -0.25) is 0 Å². The quantitative estimate of drug-likeness (QED) is 0.731. The molecular formula is C16H20ClNS. The van der Waals surface area contributed by atoms with Crippen LogP contribution in [0.25, 0.3) is 0 Å². The highest BCUT2D eigenvalue weighted by Crippen LogP contribution is 2.27. The Labute approximate surface area is 124 Å². The lowest BCUT2D eigenvalue weighted by atomic mass is 10.0. The number of halogens is 1. The van der Waals surface area contributed by atoms with Crippen molar-refractivity contribution in [1.29, 1.82) is 0 Å². The molecule has 0 bridgehead atoms. The van der Waals surface area contributed by atoms with Crippen molar-refractivity contribution < 1.29 is 0 Å². The second kappa shape index (κ2) is 7.09. The average Bonchev–Trinajstić information content (AvgIpc) is 2.92. The van der Waals surface area contributed by atoms with Crippen LogP contribution in [-0.4, -0.2) is 0 Å². The lowest BCUT2D eigenvalue weighted by Crippen LogP contribution is -2.24. The molecule has 0 aliphatic heterocycles. The Kier molecular flexibility index (Phi) is 5.44. The standard InChI is InChI=1S/C16H20ClNS/c1-3-6-15(16-9-5-10-19-16)18-12(2)13-7-4-8-14(17)11-13/h4-5,7-12,15,18H,3,6H2,1-2H3. The van der Waals surface area contributed by atoms with E-state index in [4.69, 9.17) is 11.6 Å². The molecule has 0 saturated heterocycles. The largest absolute Gasteiger partial charge is 0.303 e. The summed E-state index contributed by atoms with van der Waals surface area (Å²) in [5, 5.41) is 6.66. The maximum atomic E-state index is 6.06. The predicted molar refractivity (Wildman–Crippen MR) is 85.0 cm³/mol. The maximum absolute atomic E-state index is 6.06. The molecule has 0 fully saturated rings. The average molecular weight is 294 g/mol. The molecule has 19 heavy (non-hydrogen) atoms. The molecule has 0 spiro atoms. The SMILES string of the molecule is CCCC(NC(C)c1cccc(Cl)c1)c1cccs1. The van der Waals surface area contributed by atoms with Gasteiger partial charge in [-0.05, 0) is 42.5 Å². The smallest absolute Gasteiger partial charge is 0.0419 e. The van der Waals surface area contributed by atoms with Gasteiger partial charge in [0.05, 0.1) is 0 Å². The van der Waals surface area contributed by atoms with Gasteiger partial charge in [0, 0.05) is 22.0 Å². The third-order valence-electron chi connectivity index (χ3n) is 3.26. The first-order valence-electron chi connectivity index (χ1n) is 6.75. The zero-order valence-corrected chi connectivity index (χ0v) is 13.0. The minimum Gasteiger partial charge on any atom is -0.303 e. The van der Waals surface area contributed by atoms with Gasteiger partial charge in [0.15, 0.2) is 0 Å². The van der Waals surface area contributed by atoms with Crippen LogP contribution in [0.5, 0.6) is 0 Å². The first-order valence-corrected chi connectivity index (χ1v) is 8.01. The first-order chi connectivity index (χ1) is 9.20. The van der Waals surface area contributed by atoms with Crippen molar-refractivity contribution in [3.05, 3.63) is 57.2 Å². The van der Waals surface area contributed by atoms with Crippen LogP contribution in [-0.2, 0) is 0 Å². The molecule has 0 aliphatic carbocycles. The molecular weight excluding hydrogens is 274 g/mol. The fraction of sp³-hybridized carbons (Fsp3) is 0.375. The molecule has 2 atom stereocenters. The number of hydrogen-bond acceptors (Lipinski definition) is 2. The molecule has 102 valence electrons. The second-order valence-corrected chi connectivity index (χ2v) is 6.22. The van der Waals surface area contributed by atoms with E-state index in [1.54, 1.807) is 0 Å². The molecule has 2 unspecified atom stereocenters. The maximum Gasteiger partial charge on any atom is 0.0419 e. The van der Waals surface area contributed by atoms with Crippen molar-refractivity contribution in [3.63, 3.8) is 0 Å². The Balaban J connectivity index is 2.09. The summed E-state index contributed by atoms with van der Waals surface area (Å²) in [6.07, 6.45) is 2.34. The van der Waals surface area contributed by atoms with E-state index in [-0.39, 0.29) is 0 Å². The van der Waals surface area contributed by atoms with Crippen molar-refractivity contribution in [2.45, 2.75) is 38.8 Å². The summed E-state index contributed by atoms with van der Waals surface area (Å²) in [4.78, 5) is 1.41. The van der Waals surface area contributed by atoms with Gasteiger partial charge in [-0.15, -0.1) is 11.3 Å². The van der Waals surface area contributed by atoms with E-state index in [1.165, 1.54) is 16.9 Å². The second-order valence-electron chi connectivity index (χ2n) is 4.80. The summed E-state index contributed by atoms with van der Waals surface area (Å²) in [6, 6.07) is 13.2. The molecule has 0 radical (unpaired) electrons. The summed E-state index contributed by atoms with van der Waals surface area (Å²) >= 11 is 7.88. The number of nitrogens with one attached hydrogen (secondary N) is 1. The van der Waals surface area contributed by atoms with Crippen LogP contribution >= 0.6 is 22.9 Å². The molecule has 0 aliphatic rings. The fourth-order valence-corrected chi connectivity index (χ4v) is 3.28. The van der Waals surface area contributed by atoms with Crippen molar-refractivity contribution in [3.8, 4) is 0 Å². The van der Waals surface area contributed by atoms with Gasteiger partial charge >= 0.3 is 0 Å². The number of benzene rings is 1. The van der Waals surface area contributed by atoms with E-state index in [1.807, 2.05) is 29.5 Å². The van der Waals surface area contributed by atoms with Crippen LogP contribution in [0.15, 0.2) is 41.8 Å². The Hall–Kier alpha value is -0.830. The number of rotatable bonds is 6. The van der Waals surface area contributed by atoms with Crippen LogP contribution in [0.2, 0.25) is 5.02 Å². The van der Waals surface area contributed by atoms with E-state index >= 15 is 0 Å². The van der Waals surface area contributed by atoms with Crippen LogP contribution in [0.1, 0.15) is 49.2 Å². The lowest BCUT2D eigenvalue weighted by molar-refractivity contribution is 0.445. The molecule has 2 aromatic rings. The summed E-state index contributed by atoms with van der Waals surface area (Å²) in [7, 11) is 0. The lowest BCUT2D eigenvalue weighted by Gasteiger charge is -2.22. The highest BCUT2D eigenvalue weighted by molar-refractivity contribution is 7.10. The van der Waals surface area contributed by atoms with Gasteiger partial charge in [0.2, 0.25) is 0 Å². The minimum atomic E-state index is 0.303. The van der Waals surface area contributed by atoms with Crippen LogP contribution < -0.4 is 5.32 Å². The van der Waals surface area contributed by atoms with Gasteiger partial charge in [0.25, 0.3) is 0 Å². The third-order valence-corrected chi connectivity index (χ3v) is 4.48. The monoisotopic (exact) mass is 293 g/mol. The molecule has 0 amide bonds. The van der Waals surface area contributed by atoms with E-state index in [0.29, 0.717) is 12.1 Å². The molecule has 1 heterocycles. The van der Waals surface area contributed by atoms with Crippen molar-refractivity contribution in [2.75, 3.05) is 0 Å². The summed E-state index contributed by atoms with van der Waals surface area (Å²) in [5.41, 5.74) is 1.24. The van der Waals surface area contributed by atoms with Gasteiger partial charge in [0.1, 0.15) is 0 Å². The number of thiophene rings is 1. The van der Waals surface area contributed by atoms with E-state index < -0.39 is 0 Å². The van der Waals surface area contributed by atoms with Crippen molar-refractivity contribution in [2.24, 2.45) is 0 Å².